The molecule has 0 saturated carbocycles. The van der Waals surface area contributed by atoms with Crippen LogP contribution in [0.5, 0.6) is 0 Å². The summed E-state index contributed by atoms with van der Waals surface area (Å²) < 4.78 is 9.73. The van der Waals surface area contributed by atoms with E-state index in [9.17, 15) is 19.2 Å². The third-order valence-corrected chi connectivity index (χ3v) is 4.62. The minimum atomic E-state index is -0.792. The number of carbonyl (C=O) groups excluding carboxylic acids is 4. The van der Waals surface area contributed by atoms with Crippen LogP contribution in [0.4, 0.5) is 0 Å². The van der Waals surface area contributed by atoms with Crippen LogP contribution in [0.15, 0.2) is 29.2 Å². The van der Waals surface area contributed by atoms with Gasteiger partial charge in [0.2, 0.25) is 0 Å². The van der Waals surface area contributed by atoms with Gasteiger partial charge in [-0.2, -0.15) is 0 Å². The normalized spacial score (nSPS) is 11.6. The van der Waals surface area contributed by atoms with Gasteiger partial charge in [-0.3, -0.25) is 9.59 Å². The summed E-state index contributed by atoms with van der Waals surface area (Å²) in [7, 11) is 1.25. The van der Waals surface area contributed by atoms with Gasteiger partial charge < -0.3 is 14.8 Å². The van der Waals surface area contributed by atoms with Crippen LogP contribution >= 0.6 is 11.8 Å². The Bertz CT molecular complexity index is 689. The van der Waals surface area contributed by atoms with E-state index in [2.05, 4.69) is 10.1 Å². The van der Waals surface area contributed by atoms with Crippen molar-refractivity contribution in [3.63, 3.8) is 0 Å². The van der Waals surface area contributed by atoms with Crippen molar-refractivity contribution >= 4 is 35.4 Å². The number of Topliss-reactive ketones (excluding diaryl/α,β-unsaturated/α-hetero) is 1. The van der Waals surface area contributed by atoms with Gasteiger partial charge >= 0.3 is 11.9 Å². The Hall–Kier alpha value is -2.35. The molecule has 1 N–H and O–H groups in total. The molecule has 1 amide bonds. The van der Waals surface area contributed by atoms with Crippen molar-refractivity contribution in [1.82, 2.24) is 5.32 Å². The molecule has 27 heavy (non-hydrogen) atoms. The van der Waals surface area contributed by atoms with Crippen LogP contribution in [-0.4, -0.2) is 49.1 Å². The van der Waals surface area contributed by atoms with Gasteiger partial charge in [0.1, 0.15) is 11.8 Å². The Kier molecular flexibility index (Phi) is 9.56. The SMILES string of the molecule is COC(=O)[C@@H](CC(C)C)NC(=O)COC(=O)c1ccccc1SCC(C)=O. The summed E-state index contributed by atoms with van der Waals surface area (Å²) in [5, 5.41) is 2.52. The van der Waals surface area contributed by atoms with E-state index in [-0.39, 0.29) is 23.0 Å². The number of hydrogen-bond donors (Lipinski definition) is 1. The first-order valence-electron chi connectivity index (χ1n) is 8.50. The molecular formula is C19H25NO6S. The number of thioether (sulfide) groups is 1. The number of nitrogens with one attached hydrogen (secondary N) is 1. The summed E-state index contributed by atoms with van der Waals surface area (Å²) >= 11 is 1.23. The average molecular weight is 395 g/mol. The lowest BCUT2D eigenvalue weighted by Gasteiger charge is -2.18. The monoisotopic (exact) mass is 395 g/mol. The highest BCUT2D eigenvalue weighted by molar-refractivity contribution is 8.00. The maximum atomic E-state index is 12.3. The Morgan fingerprint density at radius 3 is 2.41 bits per heavy atom. The molecule has 0 aliphatic heterocycles. The van der Waals surface area contributed by atoms with Gasteiger partial charge in [0, 0.05) is 4.90 Å². The van der Waals surface area contributed by atoms with Crippen LogP contribution in [0.2, 0.25) is 0 Å². The van der Waals surface area contributed by atoms with Gasteiger partial charge in [-0.1, -0.05) is 26.0 Å². The van der Waals surface area contributed by atoms with Crippen LogP contribution < -0.4 is 5.32 Å². The van der Waals surface area contributed by atoms with E-state index >= 15 is 0 Å². The first-order chi connectivity index (χ1) is 12.7. The van der Waals surface area contributed by atoms with E-state index in [0.29, 0.717) is 11.3 Å². The fourth-order valence-electron chi connectivity index (χ4n) is 2.21. The van der Waals surface area contributed by atoms with E-state index < -0.39 is 30.5 Å². The van der Waals surface area contributed by atoms with E-state index in [1.807, 2.05) is 13.8 Å². The Balaban J connectivity index is 2.66. The molecule has 0 spiro atoms. The zero-order chi connectivity index (χ0) is 20.4. The number of rotatable bonds is 10. The number of ketones is 1. The van der Waals surface area contributed by atoms with Gasteiger partial charge in [0.05, 0.1) is 18.4 Å². The smallest absolute Gasteiger partial charge is 0.339 e. The molecule has 0 heterocycles. The fourth-order valence-corrected chi connectivity index (χ4v) is 3.05. The summed E-state index contributed by atoms with van der Waals surface area (Å²) in [5.74, 6) is -1.41. The van der Waals surface area contributed by atoms with Crippen molar-refractivity contribution < 1.29 is 28.7 Å². The van der Waals surface area contributed by atoms with Crippen LogP contribution in [0.25, 0.3) is 0 Å². The molecule has 0 saturated heterocycles. The molecule has 0 fully saturated rings. The first kappa shape index (κ1) is 22.7. The minimum Gasteiger partial charge on any atom is -0.467 e. The highest BCUT2D eigenvalue weighted by Gasteiger charge is 2.23. The molecular weight excluding hydrogens is 370 g/mol. The second-order valence-electron chi connectivity index (χ2n) is 6.34. The second kappa shape index (κ2) is 11.4. The van der Waals surface area contributed by atoms with Gasteiger partial charge in [-0.05, 0) is 31.4 Å². The largest absolute Gasteiger partial charge is 0.467 e. The zero-order valence-corrected chi connectivity index (χ0v) is 16.8. The molecule has 7 nitrogen and oxygen atoms in total. The maximum absolute atomic E-state index is 12.3. The molecule has 0 unspecified atom stereocenters. The average Bonchev–Trinajstić information content (AvgIpc) is 2.63. The number of amides is 1. The maximum Gasteiger partial charge on any atom is 0.339 e. The number of esters is 2. The van der Waals surface area contributed by atoms with Crippen molar-refractivity contribution in [1.29, 1.82) is 0 Å². The summed E-state index contributed by atoms with van der Waals surface area (Å²) in [5.41, 5.74) is 0.281. The summed E-state index contributed by atoms with van der Waals surface area (Å²) in [6.07, 6.45) is 0.414. The van der Waals surface area contributed by atoms with Crippen molar-refractivity contribution in [3.05, 3.63) is 29.8 Å². The van der Waals surface area contributed by atoms with Crippen molar-refractivity contribution in [2.24, 2.45) is 5.92 Å². The highest BCUT2D eigenvalue weighted by Crippen LogP contribution is 2.23. The first-order valence-corrected chi connectivity index (χ1v) is 9.48. The lowest BCUT2D eigenvalue weighted by molar-refractivity contribution is -0.145. The standard InChI is InChI=1S/C19H25NO6S/c1-12(2)9-15(19(24)25-4)20-17(22)10-26-18(23)14-7-5-6-8-16(14)27-11-13(3)21/h5-8,12,15H,9-11H2,1-4H3,(H,20,22)/t15-/m1/s1. The Morgan fingerprint density at radius 1 is 1.15 bits per heavy atom. The molecule has 0 bridgehead atoms. The topological polar surface area (TPSA) is 98.8 Å². The second-order valence-corrected chi connectivity index (χ2v) is 7.35. The molecule has 1 atom stereocenters. The third-order valence-electron chi connectivity index (χ3n) is 3.40. The highest BCUT2D eigenvalue weighted by atomic mass is 32.2. The van der Waals surface area contributed by atoms with Crippen molar-refractivity contribution in [2.75, 3.05) is 19.5 Å². The predicted octanol–water partition coefficient (Wildman–Crippen LogP) is 2.23. The van der Waals surface area contributed by atoms with E-state index in [4.69, 9.17) is 4.74 Å². The lowest BCUT2D eigenvalue weighted by atomic mass is 10.0. The summed E-state index contributed by atoms with van der Waals surface area (Å²) in [6.45, 7) is 4.78. The van der Waals surface area contributed by atoms with E-state index in [1.54, 1.807) is 24.3 Å². The fraction of sp³-hybridized carbons (Fsp3) is 0.474. The number of carbonyl (C=O) groups is 4. The van der Waals surface area contributed by atoms with Gasteiger partial charge in [-0.25, -0.2) is 9.59 Å². The van der Waals surface area contributed by atoms with Gasteiger partial charge in [0.15, 0.2) is 6.61 Å². The predicted molar refractivity (Wildman–Crippen MR) is 102 cm³/mol. The van der Waals surface area contributed by atoms with E-state index in [1.165, 1.54) is 25.8 Å². The molecule has 1 aromatic rings. The Labute approximate surface area is 163 Å². The van der Waals surface area contributed by atoms with E-state index in [0.717, 1.165) is 0 Å². The molecule has 1 aromatic carbocycles. The summed E-state index contributed by atoms with van der Waals surface area (Å²) in [4.78, 5) is 47.8. The number of ether oxygens (including phenoxy) is 2. The molecule has 0 aliphatic rings. The van der Waals surface area contributed by atoms with Gasteiger partial charge in [-0.15, -0.1) is 11.8 Å². The quantitative estimate of drug-likeness (QED) is 0.479. The molecule has 0 aromatic heterocycles. The van der Waals surface area contributed by atoms with Crippen LogP contribution in [-0.2, 0) is 23.9 Å². The third kappa shape index (κ3) is 8.25. The molecule has 1 rings (SSSR count). The zero-order valence-electron chi connectivity index (χ0n) is 15.9. The molecule has 8 heteroatoms. The lowest BCUT2D eigenvalue weighted by Crippen LogP contribution is -2.44. The molecule has 0 aliphatic carbocycles. The Morgan fingerprint density at radius 2 is 1.81 bits per heavy atom. The van der Waals surface area contributed by atoms with Crippen LogP contribution in [0.1, 0.15) is 37.6 Å². The van der Waals surface area contributed by atoms with Gasteiger partial charge in [0.25, 0.3) is 5.91 Å². The molecule has 0 radical (unpaired) electrons. The number of benzene rings is 1. The number of methoxy groups -OCH3 is 1. The van der Waals surface area contributed by atoms with Crippen molar-refractivity contribution in [2.45, 2.75) is 38.1 Å². The molecule has 148 valence electrons. The van der Waals surface area contributed by atoms with Crippen LogP contribution in [0.3, 0.4) is 0 Å². The minimum absolute atomic E-state index is 0.0125. The summed E-state index contributed by atoms with van der Waals surface area (Å²) in [6, 6.07) is 5.90. The van der Waals surface area contributed by atoms with Crippen molar-refractivity contribution in [3.8, 4) is 0 Å². The number of hydrogen-bond acceptors (Lipinski definition) is 7. The van der Waals surface area contributed by atoms with Crippen LogP contribution in [0, 0.1) is 5.92 Å².